The van der Waals surface area contributed by atoms with Crippen LogP contribution in [0.3, 0.4) is 0 Å². The summed E-state index contributed by atoms with van der Waals surface area (Å²) in [5.74, 6) is 0.496. The maximum atomic E-state index is 12.6. The van der Waals surface area contributed by atoms with Crippen LogP contribution in [0, 0.1) is 5.92 Å². The van der Waals surface area contributed by atoms with Crippen molar-refractivity contribution in [2.24, 2.45) is 5.92 Å². The Morgan fingerprint density at radius 1 is 0.906 bits per heavy atom. The standard InChI is InChI=1S/C26H24N2O4/c29-25(28-14-12-18(13-15-28)26(30)27-19-6-2-1-3-7-19)17-31-20-10-11-24-22(16-20)21-8-4-5-9-23(21)32-24/h1-11,16,18H,12-15,17H2,(H,27,30). The van der Waals surface area contributed by atoms with Gasteiger partial charge in [0.25, 0.3) is 5.91 Å². The number of anilines is 1. The smallest absolute Gasteiger partial charge is 0.260 e. The van der Waals surface area contributed by atoms with Crippen molar-refractivity contribution in [1.29, 1.82) is 0 Å². The van der Waals surface area contributed by atoms with Crippen LogP contribution in [0.1, 0.15) is 12.8 Å². The van der Waals surface area contributed by atoms with Gasteiger partial charge in [-0.15, -0.1) is 0 Å². The monoisotopic (exact) mass is 428 g/mol. The normalized spacial score (nSPS) is 14.6. The second-order valence-electron chi connectivity index (χ2n) is 8.06. The molecule has 6 heteroatoms. The Balaban J connectivity index is 1.15. The van der Waals surface area contributed by atoms with E-state index in [2.05, 4.69) is 5.32 Å². The third-order valence-electron chi connectivity index (χ3n) is 5.97. The van der Waals surface area contributed by atoms with Gasteiger partial charge in [0, 0.05) is 35.5 Å². The Labute approximate surface area is 185 Å². The van der Waals surface area contributed by atoms with Crippen molar-refractivity contribution in [2.45, 2.75) is 12.8 Å². The molecule has 32 heavy (non-hydrogen) atoms. The van der Waals surface area contributed by atoms with Gasteiger partial charge in [0.1, 0.15) is 16.9 Å². The number of ether oxygens (including phenoxy) is 1. The van der Waals surface area contributed by atoms with Gasteiger partial charge >= 0.3 is 0 Å². The Bertz CT molecular complexity index is 1260. The van der Waals surface area contributed by atoms with Crippen LogP contribution in [-0.2, 0) is 9.59 Å². The van der Waals surface area contributed by atoms with Crippen molar-refractivity contribution in [3.05, 3.63) is 72.8 Å². The lowest BCUT2D eigenvalue weighted by Crippen LogP contribution is -2.43. The Morgan fingerprint density at radius 2 is 1.62 bits per heavy atom. The van der Waals surface area contributed by atoms with E-state index < -0.39 is 0 Å². The molecule has 2 heterocycles. The van der Waals surface area contributed by atoms with E-state index in [1.807, 2.05) is 72.8 Å². The second-order valence-corrected chi connectivity index (χ2v) is 8.06. The fourth-order valence-corrected chi connectivity index (χ4v) is 4.19. The van der Waals surface area contributed by atoms with Crippen LogP contribution in [0.25, 0.3) is 21.9 Å². The topological polar surface area (TPSA) is 71.8 Å². The molecule has 0 radical (unpaired) electrons. The molecule has 0 bridgehead atoms. The van der Waals surface area contributed by atoms with Gasteiger partial charge in [0.15, 0.2) is 6.61 Å². The van der Waals surface area contributed by atoms with Gasteiger partial charge in [-0.25, -0.2) is 0 Å². The fraction of sp³-hybridized carbons (Fsp3) is 0.231. The zero-order chi connectivity index (χ0) is 21.9. The van der Waals surface area contributed by atoms with Gasteiger partial charge in [0.2, 0.25) is 5.91 Å². The summed E-state index contributed by atoms with van der Waals surface area (Å²) >= 11 is 0. The highest BCUT2D eigenvalue weighted by molar-refractivity contribution is 6.05. The molecule has 0 saturated carbocycles. The zero-order valence-corrected chi connectivity index (χ0v) is 17.6. The molecular formula is C26H24N2O4. The molecule has 2 amide bonds. The molecule has 0 unspecified atom stereocenters. The summed E-state index contributed by atoms with van der Waals surface area (Å²) < 4.78 is 11.6. The van der Waals surface area contributed by atoms with Crippen LogP contribution < -0.4 is 10.1 Å². The first-order chi connectivity index (χ1) is 15.7. The van der Waals surface area contributed by atoms with Crippen molar-refractivity contribution in [2.75, 3.05) is 25.0 Å². The summed E-state index contributed by atoms with van der Waals surface area (Å²) in [6.07, 6.45) is 1.30. The first-order valence-electron chi connectivity index (χ1n) is 10.9. The van der Waals surface area contributed by atoms with Crippen LogP contribution in [0.15, 0.2) is 77.2 Å². The van der Waals surface area contributed by atoms with E-state index >= 15 is 0 Å². The highest BCUT2D eigenvalue weighted by Crippen LogP contribution is 2.31. The Morgan fingerprint density at radius 3 is 2.44 bits per heavy atom. The van der Waals surface area contributed by atoms with Gasteiger partial charge in [-0.2, -0.15) is 0 Å². The lowest BCUT2D eigenvalue weighted by molar-refractivity contribution is -0.136. The molecule has 3 aromatic carbocycles. The van der Waals surface area contributed by atoms with Gasteiger partial charge < -0.3 is 19.4 Å². The lowest BCUT2D eigenvalue weighted by atomic mass is 9.95. The molecule has 4 aromatic rings. The van der Waals surface area contributed by atoms with Crippen LogP contribution >= 0.6 is 0 Å². The van der Waals surface area contributed by atoms with Crippen LogP contribution in [0.5, 0.6) is 5.75 Å². The van der Waals surface area contributed by atoms with Gasteiger partial charge in [0.05, 0.1) is 0 Å². The Kier molecular flexibility index (Phi) is 5.50. The third kappa shape index (κ3) is 4.17. The number of furan rings is 1. The number of carbonyl (C=O) groups is 2. The van der Waals surface area contributed by atoms with Crippen LogP contribution in [0.2, 0.25) is 0 Å². The average Bonchev–Trinajstić information content (AvgIpc) is 3.21. The molecule has 1 saturated heterocycles. The maximum absolute atomic E-state index is 12.6. The molecule has 0 spiro atoms. The first-order valence-corrected chi connectivity index (χ1v) is 10.9. The van der Waals surface area contributed by atoms with Crippen molar-refractivity contribution in [3.63, 3.8) is 0 Å². The number of nitrogens with one attached hydrogen (secondary N) is 1. The second kappa shape index (κ2) is 8.75. The number of hydrogen-bond donors (Lipinski definition) is 1. The number of hydrogen-bond acceptors (Lipinski definition) is 4. The van der Waals surface area contributed by atoms with E-state index in [0.717, 1.165) is 27.6 Å². The summed E-state index contributed by atoms with van der Waals surface area (Å²) in [5.41, 5.74) is 2.42. The van der Waals surface area contributed by atoms with Gasteiger partial charge in [-0.1, -0.05) is 36.4 Å². The van der Waals surface area contributed by atoms with Crippen molar-refractivity contribution in [1.82, 2.24) is 4.90 Å². The predicted molar refractivity (Wildman–Crippen MR) is 124 cm³/mol. The Hall–Kier alpha value is -3.80. The minimum absolute atomic E-state index is 0.0141. The number of carbonyl (C=O) groups excluding carboxylic acids is 2. The van der Waals surface area contributed by atoms with E-state index in [1.54, 1.807) is 4.90 Å². The molecule has 162 valence electrons. The molecule has 0 atom stereocenters. The van der Waals surface area contributed by atoms with E-state index in [0.29, 0.717) is 31.7 Å². The molecule has 6 nitrogen and oxygen atoms in total. The average molecular weight is 428 g/mol. The van der Waals surface area contributed by atoms with Crippen molar-refractivity contribution in [3.8, 4) is 5.75 Å². The largest absolute Gasteiger partial charge is 0.484 e. The quantitative estimate of drug-likeness (QED) is 0.494. The zero-order valence-electron chi connectivity index (χ0n) is 17.6. The predicted octanol–water partition coefficient (Wildman–Crippen LogP) is 4.84. The highest BCUT2D eigenvalue weighted by Gasteiger charge is 2.27. The van der Waals surface area contributed by atoms with Gasteiger partial charge in [-0.05, 0) is 49.2 Å². The number of para-hydroxylation sites is 2. The number of nitrogens with zero attached hydrogens (tertiary/aromatic N) is 1. The number of rotatable bonds is 5. The van der Waals surface area contributed by atoms with E-state index in [4.69, 9.17) is 9.15 Å². The molecule has 1 fully saturated rings. The minimum atomic E-state index is -0.0862. The fourth-order valence-electron chi connectivity index (χ4n) is 4.19. The van der Waals surface area contributed by atoms with Crippen molar-refractivity contribution >= 4 is 39.4 Å². The minimum Gasteiger partial charge on any atom is -0.484 e. The molecule has 1 aromatic heterocycles. The summed E-state index contributed by atoms with van der Waals surface area (Å²) in [4.78, 5) is 26.9. The first kappa shape index (κ1) is 20.1. The number of fused-ring (bicyclic) bond motifs is 3. The molecule has 1 N–H and O–H groups in total. The van der Waals surface area contributed by atoms with Crippen LogP contribution in [0.4, 0.5) is 5.69 Å². The third-order valence-corrected chi connectivity index (χ3v) is 5.97. The summed E-state index contributed by atoms with van der Waals surface area (Å²) in [7, 11) is 0. The molecule has 5 rings (SSSR count). The van der Waals surface area contributed by atoms with Crippen molar-refractivity contribution < 1.29 is 18.7 Å². The molecule has 0 aliphatic carbocycles. The summed E-state index contributed by atoms with van der Waals surface area (Å²) in [5, 5.41) is 4.94. The number of amides is 2. The highest BCUT2D eigenvalue weighted by atomic mass is 16.5. The maximum Gasteiger partial charge on any atom is 0.260 e. The molecule has 1 aliphatic heterocycles. The van der Waals surface area contributed by atoms with E-state index in [1.165, 1.54) is 0 Å². The lowest BCUT2D eigenvalue weighted by Gasteiger charge is -2.31. The summed E-state index contributed by atoms with van der Waals surface area (Å²) in [6, 6.07) is 22.9. The number of piperidine rings is 1. The number of benzene rings is 3. The van der Waals surface area contributed by atoms with E-state index in [-0.39, 0.29) is 24.3 Å². The summed E-state index contributed by atoms with van der Waals surface area (Å²) in [6.45, 7) is 1.09. The van der Waals surface area contributed by atoms with Crippen LogP contribution in [-0.4, -0.2) is 36.4 Å². The number of likely N-dealkylation sites (tertiary alicyclic amines) is 1. The molecule has 1 aliphatic rings. The molecular weight excluding hydrogens is 404 g/mol. The van der Waals surface area contributed by atoms with E-state index in [9.17, 15) is 9.59 Å². The SMILES string of the molecule is O=C(Nc1ccccc1)C1CCN(C(=O)COc2ccc3oc4ccccc4c3c2)CC1. The van der Waals surface area contributed by atoms with Gasteiger partial charge in [-0.3, -0.25) is 9.59 Å².